The van der Waals surface area contributed by atoms with Crippen LogP contribution in [0.3, 0.4) is 0 Å². The molecule has 7 heteroatoms. The van der Waals surface area contributed by atoms with E-state index in [1.807, 2.05) is 6.92 Å². The number of para-hydroxylation sites is 1. The van der Waals surface area contributed by atoms with E-state index in [0.29, 0.717) is 12.0 Å². The molecule has 1 aromatic heterocycles. The van der Waals surface area contributed by atoms with Crippen LogP contribution in [-0.2, 0) is 9.53 Å². The van der Waals surface area contributed by atoms with Gasteiger partial charge in [0.15, 0.2) is 17.1 Å². The molecule has 1 heterocycles. The molecule has 0 saturated carbocycles. The summed E-state index contributed by atoms with van der Waals surface area (Å²) in [6, 6.07) is 4.84. The molecule has 2 rings (SSSR count). The van der Waals surface area contributed by atoms with Crippen molar-refractivity contribution in [3.63, 3.8) is 0 Å². The van der Waals surface area contributed by atoms with Crippen molar-refractivity contribution in [1.29, 1.82) is 0 Å². The number of aromatic hydroxyl groups is 1. The number of unbranched alkanes of at least 4 members (excludes halogenated alkanes) is 1. The molecule has 0 spiro atoms. The van der Waals surface area contributed by atoms with Gasteiger partial charge in [-0.15, -0.1) is 0 Å². The second kappa shape index (κ2) is 8.24. The molecular weight excluding hydrogens is 316 g/mol. The SMILES string of the molecule is CCCCOc1c(O)c2cccc(OCCOC(C)=O)c2oc1=O. The number of benzene rings is 1. The van der Waals surface area contributed by atoms with E-state index in [0.717, 1.165) is 12.8 Å². The Kier molecular flexibility index (Phi) is 6.06. The maximum absolute atomic E-state index is 12.0. The Morgan fingerprint density at radius 2 is 2.00 bits per heavy atom. The Hall–Kier alpha value is -2.70. The van der Waals surface area contributed by atoms with Gasteiger partial charge in [-0.05, 0) is 18.6 Å². The predicted molar refractivity (Wildman–Crippen MR) is 86.7 cm³/mol. The van der Waals surface area contributed by atoms with Crippen LogP contribution < -0.4 is 15.1 Å². The van der Waals surface area contributed by atoms with Crippen LogP contribution in [-0.4, -0.2) is 30.9 Å². The number of hydrogen-bond donors (Lipinski definition) is 1. The Morgan fingerprint density at radius 3 is 2.71 bits per heavy atom. The van der Waals surface area contributed by atoms with Crippen LogP contribution in [0.5, 0.6) is 17.2 Å². The van der Waals surface area contributed by atoms with Crippen molar-refractivity contribution in [3.05, 3.63) is 28.6 Å². The number of carbonyl (C=O) groups excluding carboxylic acids is 1. The van der Waals surface area contributed by atoms with E-state index in [2.05, 4.69) is 0 Å². The van der Waals surface area contributed by atoms with Crippen molar-refractivity contribution in [2.45, 2.75) is 26.7 Å². The molecule has 1 aromatic carbocycles. The Balaban J connectivity index is 2.26. The van der Waals surface area contributed by atoms with Crippen LogP contribution >= 0.6 is 0 Å². The molecule has 7 nitrogen and oxygen atoms in total. The molecule has 0 aliphatic rings. The van der Waals surface area contributed by atoms with E-state index in [9.17, 15) is 14.7 Å². The first-order valence-electron chi connectivity index (χ1n) is 7.72. The molecule has 0 saturated heterocycles. The van der Waals surface area contributed by atoms with Gasteiger partial charge >= 0.3 is 11.6 Å². The van der Waals surface area contributed by atoms with Crippen LogP contribution in [0.1, 0.15) is 26.7 Å². The van der Waals surface area contributed by atoms with Gasteiger partial charge in [-0.25, -0.2) is 4.79 Å². The summed E-state index contributed by atoms with van der Waals surface area (Å²) in [5, 5.41) is 10.6. The molecule has 1 N–H and O–H groups in total. The Bertz CT molecular complexity index is 763. The van der Waals surface area contributed by atoms with Crippen LogP contribution in [0.15, 0.2) is 27.4 Å². The average molecular weight is 336 g/mol. The van der Waals surface area contributed by atoms with Crippen LogP contribution in [0.25, 0.3) is 11.0 Å². The van der Waals surface area contributed by atoms with Crippen LogP contribution in [0.4, 0.5) is 0 Å². The normalized spacial score (nSPS) is 10.6. The van der Waals surface area contributed by atoms with Gasteiger partial charge in [0.1, 0.15) is 13.2 Å². The zero-order valence-electron chi connectivity index (χ0n) is 13.7. The van der Waals surface area contributed by atoms with Gasteiger partial charge in [0, 0.05) is 6.92 Å². The van der Waals surface area contributed by atoms with Crippen molar-refractivity contribution < 1.29 is 28.5 Å². The number of ether oxygens (including phenoxy) is 3. The minimum absolute atomic E-state index is 0.0696. The number of fused-ring (bicyclic) bond motifs is 1. The summed E-state index contributed by atoms with van der Waals surface area (Å²) in [6.45, 7) is 3.78. The first-order chi connectivity index (χ1) is 11.5. The highest BCUT2D eigenvalue weighted by atomic mass is 16.6. The number of rotatable bonds is 8. The molecular formula is C17H20O7. The van der Waals surface area contributed by atoms with E-state index in [1.165, 1.54) is 6.92 Å². The minimum atomic E-state index is -0.771. The van der Waals surface area contributed by atoms with Crippen LogP contribution in [0.2, 0.25) is 0 Å². The average Bonchev–Trinajstić information content (AvgIpc) is 2.55. The Morgan fingerprint density at radius 1 is 1.21 bits per heavy atom. The topological polar surface area (TPSA) is 95.2 Å². The summed E-state index contributed by atoms with van der Waals surface area (Å²) in [7, 11) is 0. The lowest BCUT2D eigenvalue weighted by atomic mass is 10.2. The first kappa shape index (κ1) is 17.7. The van der Waals surface area contributed by atoms with Gasteiger partial charge < -0.3 is 23.7 Å². The monoisotopic (exact) mass is 336 g/mol. The van der Waals surface area contributed by atoms with Gasteiger partial charge in [-0.2, -0.15) is 0 Å². The van der Waals surface area contributed by atoms with Gasteiger partial charge in [-0.3, -0.25) is 4.79 Å². The third kappa shape index (κ3) is 4.18. The molecule has 0 radical (unpaired) electrons. The van der Waals surface area contributed by atoms with E-state index >= 15 is 0 Å². The second-order valence-electron chi connectivity index (χ2n) is 5.09. The van der Waals surface area contributed by atoms with Crippen molar-refractivity contribution in [2.24, 2.45) is 0 Å². The van der Waals surface area contributed by atoms with Crippen molar-refractivity contribution in [3.8, 4) is 17.2 Å². The third-order valence-electron chi connectivity index (χ3n) is 3.22. The summed E-state index contributed by atoms with van der Waals surface area (Å²) in [5.41, 5.74) is -0.655. The zero-order chi connectivity index (χ0) is 17.5. The van der Waals surface area contributed by atoms with Gasteiger partial charge in [0.2, 0.25) is 5.75 Å². The lowest BCUT2D eigenvalue weighted by Crippen LogP contribution is -2.11. The maximum atomic E-state index is 12.0. The fourth-order valence-electron chi connectivity index (χ4n) is 2.06. The van der Waals surface area contributed by atoms with Gasteiger partial charge in [-0.1, -0.05) is 19.4 Å². The molecule has 24 heavy (non-hydrogen) atoms. The van der Waals surface area contributed by atoms with Crippen molar-refractivity contribution in [2.75, 3.05) is 19.8 Å². The molecule has 0 amide bonds. The lowest BCUT2D eigenvalue weighted by molar-refractivity contribution is -0.141. The number of esters is 1. The third-order valence-corrected chi connectivity index (χ3v) is 3.22. The summed E-state index contributed by atoms with van der Waals surface area (Å²) in [6.07, 6.45) is 1.66. The van der Waals surface area contributed by atoms with Crippen molar-refractivity contribution >= 4 is 16.9 Å². The van der Waals surface area contributed by atoms with Gasteiger partial charge in [0.05, 0.1) is 12.0 Å². The summed E-state index contributed by atoms with van der Waals surface area (Å²) >= 11 is 0. The quantitative estimate of drug-likeness (QED) is 0.450. The molecule has 0 bridgehead atoms. The summed E-state index contributed by atoms with van der Waals surface area (Å²) in [4.78, 5) is 22.8. The van der Waals surface area contributed by atoms with Crippen molar-refractivity contribution in [1.82, 2.24) is 0 Å². The molecule has 0 fully saturated rings. The zero-order valence-corrected chi connectivity index (χ0v) is 13.7. The van der Waals surface area contributed by atoms with E-state index in [-0.39, 0.29) is 36.0 Å². The van der Waals surface area contributed by atoms with Crippen LogP contribution in [0, 0.1) is 0 Å². The minimum Gasteiger partial charge on any atom is -0.504 e. The highest BCUT2D eigenvalue weighted by Crippen LogP contribution is 2.35. The fraction of sp³-hybridized carbons (Fsp3) is 0.412. The Labute approximate surface area is 138 Å². The fourth-order valence-corrected chi connectivity index (χ4v) is 2.06. The second-order valence-corrected chi connectivity index (χ2v) is 5.09. The van der Waals surface area contributed by atoms with E-state index in [1.54, 1.807) is 18.2 Å². The molecule has 2 aromatic rings. The molecule has 130 valence electrons. The molecule has 0 unspecified atom stereocenters. The van der Waals surface area contributed by atoms with E-state index in [4.69, 9.17) is 18.6 Å². The molecule has 0 aliphatic carbocycles. The smallest absolute Gasteiger partial charge is 0.383 e. The lowest BCUT2D eigenvalue weighted by Gasteiger charge is -2.11. The van der Waals surface area contributed by atoms with Gasteiger partial charge in [0.25, 0.3) is 0 Å². The highest BCUT2D eigenvalue weighted by Gasteiger charge is 2.18. The summed E-state index contributed by atoms with van der Waals surface area (Å²) in [5.74, 6) is -0.613. The molecule has 0 atom stereocenters. The first-order valence-corrected chi connectivity index (χ1v) is 7.72. The maximum Gasteiger partial charge on any atom is 0.383 e. The number of carbonyl (C=O) groups is 1. The molecule has 0 aliphatic heterocycles. The highest BCUT2D eigenvalue weighted by molar-refractivity contribution is 5.89. The van der Waals surface area contributed by atoms with E-state index < -0.39 is 11.6 Å². The predicted octanol–water partition coefficient (Wildman–Crippen LogP) is 2.62. The summed E-state index contributed by atoms with van der Waals surface area (Å²) < 4.78 is 20.8. The standard InChI is InChI=1S/C17H20O7/c1-3-4-8-23-16-14(19)12-6-5-7-13(15(12)24-17(16)20)22-10-9-21-11(2)18/h5-7,19H,3-4,8-10H2,1-2H3. The largest absolute Gasteiger partial charge is 0.504 e. The number of hydrogen-bond acceptors (Lipinski definition) is 7.